The van der Waals surface area contributed by atoms with E-state index in [0.29, 0.717) is 6.54 Å². The largest absolute Gasteiger partial charge is 0.439 e. The van der Waals surface area contributed by atoms with Gasteiger partial charge >= 0.3 is 0 Å². The van der Waals surface area contributed by atoms with Crippen LogP contribution in [0.1, 0.15) is 17.5 Å². The van der Waals surface area contributed by atoms with Crippen LogP contribution in [-0.4, -0.2) is 34.5 Å². The van der Waals surface area contributed by atoms with Crippen LogP contribution in [0.3, 0.4) is 0 Å². The Labute approximate surface area is 155 Å². The number of nitrogens with one attached hydrogen (secondary N) is 1. The summed E-state index contributed by atoms with van der Waals surface area (Å²) in [4.78, 5) is 11.1. The Hall–Kier alpha value is -2.02. The molecule has 3 heterocycles. The van der Waals surface area contributed by atoms with E-state index in [4.69, 9.17) is 4.42 Å². The highest BCUT2D eigenvalue weighted by Gasteiger charge is 2.25. The van der Waals surface area contributed by atoms with Crippen LogP contribution < -0.4 is 5.32 Å². The lowest BCUT2D eigenvalue weighted by Crippen LogP contribution is -2.45. The summed E-state index contributed by atoms with van der Waals surface area (Å²) < 4.78 is 7.03. The van der Waals surface area contributed by atoms with Gasteiger partial charge in [-0.15, -0.1) is 0 Å². The summed E-state index contributed by atoms with van der Waals surface area (Å²) in [5.74, 6) is 1.54. The monoisotopic (exact) mass is 398 g/mol. The Morgan fingerprint density at radius 2 is 2.20 bits per heavy atom. The number of pyridine rings is 1. The summed E-state index contributed by atoms with van der Waals surface area (Å²) in [5.41, 5.74) is 2.24. The molecule has 0 saturated carbocycles. The number of oxazole rings is 1. The van der Waals surface area contributed by atoms with Crippen LogP contribution >= 0.6 is 15.9 Å². The second kappa shape index (κ2) is 7.47. The minimum atomic E-state index is 0.281. The van der Waals surface area contributed by atoms with Gasteiger partial charge in [-0.2, -0.15) is 0 Å². The van der Waals surface area contributed by atoms with E-state index in [0.717, 1.165) is 41.3 Å². The fourth-order valence-electron chi connectivity index (χ4n) is 3.17. The molecule has 1 aromatic carbocycles. The number of hydrogen-bond donors (Lipinski definition) is 1. The highest BCUT2D eigenvalue weighted by atomic mass is 79.9. The molecule has 5 nitrogen and oxygen atoms in total. The molecule has 4 rings (SSSR count). The zero-order valence-electron chi connectivity index (χ0n) is 13.7. The van der Waals surface area contributed by atoms with Gasteiger partial charge in [0.15, 0.2) is 5.76 Å². The normalized spacial score (nSPS) is 18.4. The molecule has 1 saturated heterocycles. The quantitative estimate of drug-likeness (QED) is 0.726. The van der Waals surface area contributed by atoms with Gasteiger partial charge in [0.1, 0.15) is 0 Å². The van der Waals surface area contributed by atoms with E-state index in [2.05, 4.69) is 42.2 Å². The Morgan fingerprint density at radius 1 is 1.24 bits per heavy atom. The van der Waals surface area contributed by atoms with Crippen LogP contribution in [0.2, 0.25) is 0 Å². The minimum absolute atomic E-state index is 0.281. The van der Waals surface area contributed by atoms with Crippen LogP contribution in [0.15, 0.2) is 63.9 Å². The van der Waals surface area contributed by atoms with Gasteiger partial charge in [0.05, 0.1) is 12.7 Å². The fourth-order valence-corrected chi connectivity index (χ4v) is 3.57. The summed E-state index contributed by atoms with van der Waals surface area (Å²) in [7, 11) is 0. The van der Waals surface area contributed by atoms with Crippen molar-refractivity contribution in [2.24, 2.45) is 0 Å². The maximum Gasteiger partial charge on any atom is 0.209 e. The minimum Gasteiger partial charge on any atom is -0.439 e. The average molecular weight is 399 g/mol. The van der Waals surface area contributed by atoms with Crippen LogP contribution in [0.5, 0.6) is 0 Å². The predicted molar refractivity (Wildman–Crippen MR) is 99.9 cm³/mol. The highest BCUT2D eigenvalue weighted by molar-refractivity contribution is 9.10. The average Bonchev–Trinajstić information content (AvgIpc) is 3.12. The second-order valence-electron chi connectivity index (χ2n) is 6.11. The molecule has 0 radical (unpaired) electrons. The first-order valence-electron chi connectivity index (χ1n) is 8.35. The summed E-state index contributed by atoms with van der Waals surface area (Å²) in [6, 6.07) is 12.4. The number of hydrogen-bond acceptors (Lipinski definition) is 5. The van der Waals surface area contributed by atoms with Crippen molar-refractivity contribution < 1.29 is 4.42 Å². The molecule has 0 spiro atoms. The summed E-state index contributed by atoms with van der Waals surface area (Å²) in [6.07, 6.45) is 5.55. The van der Waals surface area contributed by atoms with E-state index in [-0.39, 0.29) is 6.04 Å². The number of aromatic nitrogens is 2. The van der Waals surface area contributed by atoms with Crippen molar-refractivity contribution >= 4 is 15.9 Å². The molecule has 0 aliphatic carbocycles. The van der Waals surface area contributed by atoms with Gasteiger partial charge in [-0.05, 0) is 23.8 Å². The molecular weight excluding hydrogens is 380 g/mol. The van der Waals surface area contributed by atoms with Gasteiger partial charge in [0, 0.05) is 48.1 Å². The van der Waals surface area contributed by atoms with Gasteiger partial charge in [-0.3, -0.25) is 9.88 Å². The Kier molecular flexibility index (Phi) is 4.92. The molecule has 128 valence electrons. The zero-order valence-corrected chi connectivity index (χ0v) is 15.3. The van der Waals surface area contributed by atoms with Crippen molar-refractivity contribution in [2.75, 3.05) is 19.6 Å². The van der Waals surface area contributed by atoms with Crippen molar-refractivity contribution in [3.05, 3.63) is 70.9 Å². The Bertz CT molecular complexity index is 836. The number of rotatable bonds is 4. The molecule has 6 heteroatoms. The lowest BCUT2D eigenvalue weighted by atomic mass is 10.1. The number of benzene rings is 1. The van der Waals surface area contributed by atoms with Crippen LogP contribution in [-0.2, 0) is 6.54 Å². The summed E-state index contributed by atoms with van der Waals surface area (Å²) in [6.45, 7) is 3.52. The molecule has 3 aromatic rings. The van der Waals surface area contributed by atoms with Gasteiger partial charge in [0.25, 0.3) is 0 Å². The first-order chi connectivity index (χ1) is 12.3. The smallest absolute Gasteiger partial charge is 0.209 e. The summed E-state index contributed by atoms with van der Waals surface area (Å²) in [5, 5.41) is 3.46. The third-order valence-corrected chi connectivity index (χ3v) is 4.92. The van der Waals surface area contributed by atoms with E-state index in [9.17, 15) is 0 Å². The van der Waals surface area contributed by atoms with Gasteiger partial charge in [0.2, 0.25) is 5.89 Å². The van der Waals surface area contributed by atoms with Crippen LogP contribution in [0.4, 0.5) is 0 Å². The number of halogens is 1. The van der Waals surface area contributed by atoms with Gasteiger partial charge in [-0.25, -0.2) is 4.98 Å². The third-order valence-electron chi connectivity index (χ3n) is 4.42. The van der Waals surface area contributed by atoms with Gasteiger partial charge in [-0.1, -0.05) is 34.1 Å². The first-order valence-corrected chi connectivity index (χ1v) is 9.14. The summed E-state index contributed by atoms with van der Waals surface area (Å²) >= 11 is 3.50. The van der Waals surface area contributed by atoms with E-state index < -0.39 is 0 Å². The number of piperazine rings is 1. The molecule has 1 N–H and O–H groups in total. The third kappa shape index (κ3) is 3.81. The van der Waals surface area contributed by atoms with Crippen molar-refractivity contribution in [2.45, 2.75) is 12.6 Å². The lowest BCUT2D eigenvalue weighted by Gasteiger charge is -2.35. The predicted octanol–water partition coefficient (Wildman–Crippen LogP) is 3.65. The van der Waals surface area contributed by atoms with E-state index in [1.165, 1.54) is 5.56 Å². The molecule has 0 amide bonds. The topological polar surface area (TPSA) is 54.2 Å². The molecule has 2 aromatic heterocycles. The maximum absolute atomic E-state index is 6.00. The maximum atomic E-state index is 6.00. The SMILES string of the molecule is Brc1cccc(-c2cnc(CN3CCNCC3c3cccnc3)o2)c1. The lowest BCUT2D eigenvalue weighted by molar-refractivity contribution is 0.140. The molecule has 1 unspecified atom stereocenters. The molecule has 1 aliphatic rings. The molecule has 1 fully saturated rings. The zero-order chi connectivity index (χ0) is 17.1. The molecular formula is C19H19BrN4O. The molecule has 0 bridgehead atoms. The highest BCUT2D eigenvalue weighted by Crippen LogP contribution is 2.26. The van der Waals surface area contributed by atoms with Crippen molar-refractivity contribution in [1.82, 2.24) is 20.2 Å². The van der Waals surface area contributed by atoms with E-state index in [1.54, 1.807) is 6.20 Å². The van der Waals surface area contributed by atoms with E-state index >= 15 is 0 Å². The van der Waals surface area contributed by atoms with Crippen molar-refractivity contribution in [3.63, 3.8) is 0 Å². The van der Waals surface area contributed by atoms with Crippen LogP contribution in [0.25, 0.3) is 11.3 Å². The van der Waals surface area contributed by atoms with Crippen molar-refractivity contribution in [3.8, 4) is 11.3 Å². The van der Waals surface area contributed by atoms with Crippen molar-refractivity contribution in [1.29, 1.82) is 0 Å². The number of nitrogens with zero attached hydrogens (tertiary/aromatic N) is 3. The van der Waals surface area contributed by atoms with Gasteiger partial charge < -0.3 is 9.73 Å². The Balaban J connectivity index is 1.53. The molecule has 1 atom stereocenters. The molecule has 25 heavy (non-hydrogen) atoms. The first kappa shape index (κ1) is 16.4. The van der Waals surface area contributed by atoms with Crippen LogP contribution in [0, 0.1) is 0 Å². The molecule has 1 aliphatic heterocycles. The Morgan fingerprint density at radius 3 is 3.04 bits per heavy atom. The fraction of sp³-hybridized carbons (Fsp3) is 0.263. The standard InChI is InChI=1S/C19H19BrN4O/c20-16-5-1-3-14(9-16)18-12-23-19(25-18)13-24-8-7-22-11-17(24)15-4-2-6-21-10-15/h1-6,9-10,12,17,22H,7-8,11,13H2. The van der Waals surface area contributed by atoms with E-state index in [1.807, 2.05) is 42.7 Å². The second-order valence-corrected chi connectivity index (χ2v) is 7.02.